The molecule has 3 rings (SSSR count). The van der Waals surface area contributed by atoms with E-state index in [9.17, 15) is 4.79 Å². The fraction of sp³-hybridized carbons (Fsp3) is 0.400. The molecule has 1 aliphatic carbocycles. The normalized spacial score (nSPS) is 13.4. The van der Waals surface area contributed by atoms with Crippen LogP contribution in [0, 0.1) is 0 Å². The van der Waals surface area contributed by atoms with Gasteiger partial charge in [-0.1, -0.05) is 23.9 Å². The average molecular weight is 303 g/mol. The van der Waals surface area contributed by atoms with E-state index >= 15 is 0 Å². The third kappa shape index (κ3) is 2.81. The van der Waals surface area contributed by atoms with Gasteiger partial charge in [0.2, 0.25) is 0 Å². The van der Waals surface area contributed by atoms with E-state index in [4.69, 9.17) is 5.11 Å². The Labute approximate surface area is 127 Å². The first-order valence-electron chi connectivity index (χ1n) is 7.09. The molecule has 0 saturated heterocycles. The first kappa shape index (κ1) is 14.1. The zero-order valence-electron chi connectivity index (χ0n) is 11.9. The average Bonchev–Trinajstić information content (AvgIpc) is 3.10. The van der Waals surface area contributed by atoms with Crippen LogP contribution in [0.1, 0.15) is 24.5 Å². The molecule has 5 nitrogen and oxygen atoms in total. The second-order valence-corrected chi connectivity index (χ2v) is 6.01. The maximum Gasteiger partial charge on any atom is 0.313 e. The molecule has 0 amide bonds. The third-order valence-corrected chi connectivity index (χ3v) is 4.67. The molecule has 1 aromatic carbocycles. The van der Waals surface area contributed by atoms with Gasteiger partial charge in [-0.2, -0.15) is 0 Å². The minimum Gasteiger partial charge on any atom is -0.481 e. The second-order valence-electron chi connectivity index (χ2n) is 5.07. The molecule has 0 radical (unpaired) electrons. The summed E-state index contributed by atoms with van der Waals surface area (Å²) in [6, 6.07) is 6.46. The van der Waals surface area contributed by atoms with Gasteiger partial charge in [-0.05, 0) is 43.4 Å². The van der Waals surface area contributed by atoms with Gasteiger partial charge >= 0.3 is 5.97 Å². The number of aromatic nitrogens is 3. The van der Waals surface area contributed by atoms with E-state index in [-0.39, 0.29) is 5.75 Å². The van der Waals surface area contributed by atoms with Crippen LogP contribution in [0.2, 0.25) is 0 Å². The summed E-state index contributed by atoms with van der Waals surface area (Å²) >= 11 is 1.21. The summed E-state index contributed by atoms with van der Waals surface area (Å²) in [5, 5.41) is 17.9. The standard InChI is InChI=1S/C15H17N3O2S/c1-2-18-14(16-17-15(18)21-9-13(19)20)12-7-6-10-4-3-5-11(10)8-12/h6-8H,2-5,9H2,1H3,(H,19,20). The molecule has 2 aromatic rings. The van der Waals surface area contributed by atoms with Gasteiger partial charge < -0.3 is 9.67 Å². The zero-order chi connectivity index (χ0) is 14.8. The largest absolute Gasteiger partial charge is 0.481 e. The quantitative estimate of drug-likeness (QED) is 0.860. The van der Waals surface area contributed by atoms with Crippen molar-refractivity contribution >= 4 is 17.7 Å². The SMILES string of the molecule is CCn1c(SCC(=O)O)nnc1-c1ccc2c(c1)CCC2. The number of carbonyl (C=O) groups is 1. The number of rotatable bonds is 5. The Balaban J connectivity index is 1.93. The lowest BCUT2D eigenvalue weighted by atomic mass is 10.1. The molecular formula is C15H17N3O2S. The summed E-state index contributed by atoms with van der Waals surface area (Å²) in [6.45, 7) is 2.74. The summed E-state index contributed by atoms with van der Waals surface area (Å²) < 4.78 is 1.98. The van der Waals surface area contributed by atoms with Crippen molar-refractivity contribution in [2.24, 2.45) is 0 Å². The molecule has 1 aliphatic rings. The third-order valence-electron chi connectivity index (χ3n) is 3.71. The number of nitrogens with zero attached hydrogens (tertiary/aromatic N) is 3. The van der Waals surface area contributed by atoms with Gasteiger partial charge in [-0.15, -0.1) is 10.2 Å². The Bertz CT molecular complexity index is 682. The number of benzene rings is 1. The van der Waals surface area contributed by atoms with Crippen molar-refractivity contribution in [2.75, 3.05) is 5.75 Å². The number of hydrogen-bond acceptors (Lipinski definition) is 4. The van der Waals surface area contributed by atoms with Gasteiger partial charge in [0.05, 0.1) is 5.75 Å². The molecule has 0 unspecified atom stereocenters. The Morgan fingerprint density at radius 2 is 2.14 bits per heavy atom. The Kier molecular flexibility index (Phi) is 3.96. The highest BCUT2D eigenvalue weighted by atomic mass is 32.2. The molecular weight excluding hydrogens is 286 g/mol. The maximum absolute atomic E-state index is 10.7. The van der Waals surface area contributed by atoms with Crippen LogP contribution in [0.5, 0.6) is 0 Å². The first-order valence-corrected chi connectivity index (χ1v) is 8.07. The molecule has 0 saturated carbocycles. The minimum absolute atomic E-state index is 0.00230. The lowest BCUT2D eigenvalue weighted by Gasteiger charge is -2.08. The highest BCUT2D eigenvalue weighted by Crippen LogP contribution is 2.29. The van der Waals surface area contributed by atoms with Gasteiger partial charge in [0.25, 0.3) is 0 Å². The summed E-state index contributed by atoms with van der Waals surface area (Å²) in [5.74, 6) is -0.0210. The minimum atomic E-state index is -0.843. The van der Waals surface area contributed by atoms with Crippen molar-refractivity contribution in [3.8, 4) is 11.4 Å². The van der Waals surface area contributed by atoms with E-state index in [0.717, 1.165) is 30.8 Å². The van der Waals surface area contributed by atoms with Crippen LogP contribution >= 0.6 is 11.8 Å². The van der Waals surface area contributed by atoms with Crippen LogP contribution in [0.15, 0.2) is 23.4 Å². The van der Waals surface area contributed by atoms with Crippen molar-refractivity contribution < 1.29 is 9.90 Å². The number of thioether (sulfide) groups is 1. The van der Waals surface area contributed by atoms with Gasteiger partial charge in [-0.25, -0.2) is 0 Å². The summed E-state index contributed by atoms with van der Waals surface area (Å²) in [6.07, 6.45) is 3.51. The van der Waals surface area contributed by atoms with Crippen LogP contribution in [-0.2, 0) is 24.2 Å². The second kappa shape index (κ2) is 5.89. The van der Waals surface area contributed by atoms with Gasteiger partial charge in [0, 0.05) is 12.1 Å². The monoisotopic (exact) mass is 303 g/mol. The van der Waals surface area contributed by atoms with Crippen LogP contribution in [0.25, 0.3) is 11.4 Å². The molecule has 1 N–H and O–H groups in total. The Morgan fingerprint density at radius 1 is 1.33 bits per heavy atom. The summed E-state index contributed by atoms with van der Waals surface area (Å²) in [7, 11) is 0. The fourth-order valence-corrected chi connectivity index (χ4v) is 3.45. The predicted molar refractivity (Wildman–Crippen MR) is 81.5 cm³/mol. The Morgan fingerprint density at radius 3 is 2.90 bits per heavy atom. The van der Waals surface area contributed by atoms with Gasteiger partial charge in [0.1, 0.15) is 0 Å². The summed E-state index contributed by atoms with van der Waals surface area (Å²) in [5.41, 5.74) is 3.90. The van der Waals surface area contributed by atoms with Crippen molar-refractivity contribution in [1.29, 1.82) is 0 Å². The number of aryl methyl sites for hydroxylation is 2. The van der Waals surface area contributed by atoms with Crippen molar-refractivity contribution in [3.05, 3.63) is 29.3 Å². The van der Waals surface area contributed by atoms with E-state index in [1.807, 2.05) is 11.5 Å². The van der Waals surface area contributed by atoms with Crippen molar-refractivity contribution in [3.63, 3.8) is 0 Å². The number of aliphatic carboxylic acids is 1. The highest BCUT2D eigenvalue weighted by molar-refractivity contribution is 7.99. The highest BCUT2D eigenvalue weighted by Gasteiger charge is 2.17. The lowest BCUT2D eigenvalue weighted by Crippen LogP contribution is -2.03. The lowest BCUT2D eigenvalue weighted by molar-refractivity contribution is -0.133. The number of hydrogen-bond donors (Lipinski definition) is 1. The number of carboxylic acid groups (broad SMARTS) is 1. The predicted octanol–water partition coefficient (Wildman–Crippen LogP) is 2.63. The molecule has 1 heterocycles. The van der Waals surface area contributed by atoms with Crippen molar-refractivity contribution in [2.45, 2.75) is 37.9 Å². The van der Waals surface area contributed by atoms with Crippen LogP contribution in [-0.4, -0.2) is 31.6 Å². The molecule has 0 bridgehead atoms. The first-order chi connectivity index (χ1) is 10.2. The number of carboxylic acids is 1. The number of fused-ring (bicyclic) bond motifs is 1. The topological polar surface area (TPSA) is 68.0 Å². The smallest absolute Gasteiger partial charge is 0.313 e. The molecule has 0 aliphatic heterocycles. The molecule has 0 spiro atoms. The van der Waals surface area contributed by atoms with Crippen LogP contribution in [0.4, 0.5) is 0 Å². The van der Waals surface area contributed by atoms with E-state index in [2.05, 4.69) is 28.4 Å². The van der Waals surface area contributed by atoms with Crippen LogP contribution < -0.4 is 0 Å². The van der Waals surface area contributed by atoms with Gasteiger partial charge in [-0.3, -0.25) is 4.79 Å². The Hall–Kier alpha value is -1.82. The van der Waals surface area contributed by atoms with Gasteiger partial charge in [0.15, 0.2) is 11.0 Å². The maximum atomic E-state index is 10.7. The molecule has 1 aromatic heterocycles. The van der Waals surface area contributed by atoms with E-state index in [1.165, 1.54) is 29.3 Å². The molecule has 110 valence electrons. The molecule has 21 heavy (non-hydrogen) atoms. The van der Waals surface area contributed by atoms with E-state index in [0.29, 0.717) is 5.16 Å². The zero-order valence-corrected chi connectivity index (χ0v) is 12.7. The van der Waals surface area contributed by atoms with Crippen LogP contribution in [0.3, 0.4) is 0 Å². The van der Waals surface area contributed by atoms with E-state index in [1.54, 1.807) is 0 Å². The fourth-order valence-electron chi connectivity index (χ4n) is 2.73. The summed E-state index contributed by atoms with van der Waals surface area (Å²) in [4.78, 5) is 10.7. The molecule has 0 fully saturated rings. The van der Waals surface area contributed by atoms with E-state index < -0.39 is 5.97 Å². The molecule has 0 atom stereocenters. The van der Waals surface area contributed by atoms with Crippen molar-refractivity contribution in [1.82, 2.24) is 14.8 Å². The molecule has 6 heteroatoms.